The fourth-order valence-corrected chi connectivity index (χ4v) is 4.09. The first-order valence-corrected chi connectivity index (χ1v) is 10.9. The normalized spacial score (nSPS) is 13.8. The summed E-state index contributed by atoms with van der Waals surface area (Å²) in [7, 11) is 0. The first kappa shape index (κ1) is 21.5. The number of esters is 1. The molecule has 0 radical (unpaired) electrons. The molecule has 162 valence electrons. The predicted octanol–water partition coefficient (Wildman–Crippen LogP) is 3.86. The van der Waals surface area contributed by atoms with Crippen LogP contribution in [0.25, 0.3) is 0 Å². The Morgan fingerprint density at radius 3 is 2.38 bits per heavy atom. The van der Waals surface area contributed by atoms with Crippen LogP contribution in [-0.2, 0) is 4.74 Å². The molecule has 32 heavy (non-hydrogen) atoms. The zero-order chi connectivity index (χ0) is 22.8. The standard InChI is InChI=1S/C23H19N3O5S/c1-3-7-18(19(27)14-8-5-4-6-9-14)31-22(30)15-10-11-16-17(12-15)21(29)26(20(16)28)23-25-24-13(2)32-23/h4-6,8-12,18H,3,7H2,1-2H3/t18-/m1/s1. The number of Topliss-reactive ketones (excluding diaryl/α,β-unsaturated/α-hetero) is 1. The zero-order valence-electron chi connectivity index (χ0n) is 17.4. The van der Waals surface area contributed by atoms with E-state index < -0.39 is 23.9 Å². The molecule has 0 bridgehead atoms. The number of imide groups is 1. The molecule has 0 N–H and O–H groups in total. The molecule has 2 amide bonds. The third-order valence-electron chi connectivity index (χ3n) is 4.98. The molecule has 0 unspecified atom stereocenters. The Balaban J connectivity index is 1.57. The van der Waals surface area contributed by atoms with Crippen molar-refractivity contribution in [2.75, 3.05) is 4.90 Å². The molecule has 3 aromatic rings. The van der Waals surface area contributed by atoms with E-state index in [1.54, 1.807) is 37.3 Å². The van der Waals surface area contributed by atoms with E-state index in [0.717, 1.165) is 16.2 Å². The Morgan fingerprint density at radius 2 is 1.72 bits per heavy atom. The van der Waals surface area contributed by atoms with E-state index in [-0.39, 0.29) is 27.6 Å². The van der Waals surface area contributed by atoms with Gasteiger partial charge in [0, 0.05) is 5.56 Å². The molecular weight excluding hydrogens is 430 g/mol. The lowest BCUT2D eigenvalue weighted by atomic mass is 10.0. The molecule has 0 saturated carbocycles. The van der Waals surface area contributed by atoms with Crippen molar-refractivity contribution in [2.45, 2.75) is 32.8 Å². The summed E-state index contributed by atoms with van der Waals surface area (Å²) < 4.78 is 5.51. The molecule has 8 nitrogen and oxygen atoms in total. The van der Waals surface area contributed by atoms with Crippen molar-refractivity contribution < 1.29 is 23.9 Å². The largest absolute Gasteiger partial charge is 0.450 e. The van der Waals surface area contributed by atoms with Crippen LogP contribution in [0.3, 0.4) is 0 Å². The highest BCUT2D eigenvalue weighted by molar-refractivity contribution is 7.15. The number of fused-ring (bicyclic) bond motifs is 1. The number of carbonyl (C=O) groups is 4. The van der Waals surface area contributed by atoms with Gasteiger partial charge in [0.2, 0.25) is 10.9 Å². The van der Waals surface area contributed by atoms with Crippen LogP contribution < -0.4 is 4.90 Å². The molecule has 1 aliphatic heterocycles. The summed E-state index contributed by atoms with van der Waals surface area (Å²) in [5, 5.41) is 8.51. The van der Waals surface area contributed by atoms with Gasteiger partial charge in [0.05, 0.1) is 16.7 Å². The molecular formula is C23H19N3O5S. The number of hydrogen-bond acceptors (Lipinski definition) is 8. The van der Waals surface area contributed by atoms with Crippen molar-refractivity contribution in [3.8, 4) is 0 Å². The first-order valence-electron chi connectivity index (χ1n) is 10.0. The van der Waals surface area contributed by atoms with Gasteiger partial charge in [0.1, 0.15) is 5.01 Å². The summed E-state index contributed by atoms with van der Waals surface area (Å²) in [4.78, 5) is 52.1. The highest BCUT2D eigenvalue weighted by Crippen LogP contribution is 2.31. The van der Waals surface area contributed by atoms with E-state index >= 15 is 0 Å². The minimum Gasteiger partial charge on any atom is -0.450 e. The number of nitrogens with zero attached hydrogens (tertiary/aromatic N) is 3. The van der Waals surface area contributed by atoms with Gasteiger partial charge in [0.25, 0.3) is 11.8 Å². The van der Waals surface area contributed by atoms with Crippen LogP contribution in [0.4, 0.5) is 5.13 Å². The van der Waals surface area contributed by atoms with Gasteiger partial charge in [-0.2, -0.15) is 0 Å². The van der Waals surface area contributed by atoms with Gasteiger partial charge in [-0.05, 0) is 31.5 Å². The summed E-state index contributed by atoms with van der Waals surface area (Å²) in [6.45, 7) is 3.61. The number of aromatic nitrogens is 2. The fourth-order valence-electron chi connectivity index (χ4n) is 3.41. The molecule has 1 atom stereocenters. The molecule has 1 aromatic heterocycles. The number of hydrogen-bond donors (Lipinski definition) is 0. The van der Waals surface area contributed by atoms with Gasteiger partial charge >= 0.3 is 5.97 Å². The molecule has 2 aromatic carbocycles. The van der Waals surface area contributed by atoms with E-state index in [0.29, 0.717) is 23.4 Å². The smallest absolute Gasteiger partial charge is 0.338 e. The van der Waals surface area contributed by atoms with E-state index in [1.165, 1.54) is 18.2 Å². The van der Waals surface area contributed by atoms with Gasteiger partial charge in [-0.3, -0.25) is 14.4 Å². The van der Waals surface area contributed by atoms with Crippen LogP contribution in [0.1, 0.15) is 66.2 Å². The Kier molecular flexibility index (Phi) is 5.91. The van der Waals surface area contributed by atoms with E-state index in [4.69, 9.17) is 4.74 Å². The third kappa shape index (κ3) is 3.94. The van der Waals surface area contributed by atoms with Gasteiger partial charge in [-0.1, -0.05) is 55.0 Å². The Morgan fingerprint density at radius 1 is 1.00 bits per heavy atom. The quantitative estimate of drug-likeness (QED) is 0.306. The Bertz CT molecular complexity index is 1220. The maximum atomic E-state index is 12.8. The van der Waals surface area contributed by atoms with Gasteiger partial charge in [-0.25, -0.2) is 9.69 Å². The van der Waals surface area contributed by atoms with Crippen LogP contribution in [0.2, 0.25) is 0 Å². The topological polar surface area (TPSA) is 107 Å². The third-order valence-corrected chi connectivity index (χ3v) is 5.80. The average molecular weight is 449 g/mol. The SMILES string of the molecule is CCC[C@@H](OC(=O)c1ccc2c(c1)C(=O)N(c1nnc(C)s1)C2=O)C(=O)c1ccccc1. The molecule has 0 aliphatic carbocycles. The summed E-state index contributed by atoms with van der Waals surface area (Å²) in [6, 6.07) is 12.8. The van der Waals surface area contributed by atoms with Crippen LogP contribution in [-0.4, -0.2) is 39.9 Å². The van der Waals surface area contributed by atoms with Gasteiger partial charge in [-0.15, -0.1) is 10.2 Å². The zero-order valence-corrected chi connectivity index (χ0v) is 18.2. The maximum Gasteiger partial charge on any atom is 0.338 e. The number of rotatable bonds is 7. The van der Waals surface area contributed by atoms with Crippen LogP contribution in [0.15, 0.2) is 48.5 Å². The minimum atomic E-state index is -0.943. The number of amides is 2. The minimum absolute atomic E-state index is 0.0822. The summed E-state index contributed by atoms with van der Waals surface area (Å²) in [6.07, 6.45) is 0.0667. The van der Waals surface area contributed by atoms with Crippen molar-refractivity contribution in [3.05, 3.63) is 75.8 Å². The molecule has 0 saturated heterocycles. The molecule has 1 aliphatic rings. The molecule has 0 spiro atoms. The van der Waals surface area contributed by atoms with Crippen molar-refractivity contribution in [2.24, 2.45) is 0 Å². The van der Waals surface area contributed by atoms with Gasteiger partial charge < -0.3 is 4.74 Å². The average Bonchev–Trinajstić information content (AvgIpc) is 3.33. The lowest BCUT2D eigenvalue weighted by Gasteiger charge is -2.16. The monoisotopic (exact) mass is 449 g/mol. The highest BCUT2D eigenvalue weighted by atomic mass is 32.1. The van der Waals surface area contributed by atoms with E-state index in [2.05, 4.69) is 10.2 Å². The summed E-state index contributed by atoms with van der Waals surface area (Å²) in [5.74, 6) is -2.13. The second kappa shape index (κ2) is 8.80. The number of carbonyl (C=O) groups excluding carboxylic acids is 4. The summed E-state index contributed by atoms with van der Waals surface area (Å²) in [5.41, 5.74) is 0.794. The Labute approximate surface area is 187 Å². The van der Waals surface area contributed by atoms with Crippen molar-refractivity contribution in [1.82, 2.24) is 10.2 Å². The predicted molar refractivity (Wildman–Crippen MR) is 117 cm³/mol. The van der Waals surface area contributed by atoms with E-state index in [1.807, 2.05) is 6.92 Å². The van der Waals surface area contributed by atoms with Crippen LogP contribution in [0, 0.1) is 6.92 Å². The van der Waals surface area contributed by atoms with E-state index in [9.17, 15) is 19.2 Å². The summed E-state index contributed by atoms with van der Waals surface area (Å²) >= 11 is 1.12. The second-order valence-corrected chi connectivity index (χ2v) is 8.38. The molecule has 0 fully saturated rings. The van der Waals surface area contributed by atoms with Crippen molar-refractivity contribution in [1.29, 1.82) is 0 Å². The molecule has 2 heterocycles. The molecule has 4 rings (SSSR count). The van der Waals surface area contributed by atoms with Crippen LogP contribution in [0.5, 0.6) is 0 Å². The lowest BCUT2D eigenvalue weighted by molar-refractivity contribution is 0.0266. The van der Waals surface area contributed by atoms with Crippen LogP contribution >= 0.6 is 11.3 Å². The number of ether oxygens (including phenoxy) is 1. The van der Waals surface area contributed by atoms with Crippen molar-refractivity contribution in [3.63, 3.8) is 0 Å². The number of aryl methyl sites for hydroxylation is 1. The Hall–Kier alpha value is -3.72. The lowest BCUT2D eigenvalue weighted by Crippen LogP contribution is -2.29. The van der Waals surface area contributed by atoms with Crippen molar-refractivity contribution >= 4 is 40.0 Å². The number of ketones is 1. The molecule has 9 heteroatoms. The second-order valence-electron chi connectivity index (χ2n) is 7.22. The fraction of sp³-hybridized carbons (Fsp3) is 0.217. The first-order chi connectivity index (χ1) is 15.4. The van der Waals surface area contributed by atoms with Gasteiger partial charge in [0.15, 0.2) is 6.10 Å². The highest BCUT2D eigenvalue weighted by Gasteiger charge is 2.39. The maximum absolute atomic E-state index is 12.8. The number of benzene rings is 2. The number of anilines is 1.